The first-order valence-corrected chi connectivity index (χ1v) is 11.3. The third-order valence-corrected chi connectivity index (χ3v) is 5.92. The molecular formula is C27H24FN3O3. The van der Waals surface area contributed by atoms with Gasteiger partial charge in [-0.1, -0.05) is 35.5 Å². The Labute approximate surface area is 197 Å². The van der Waals surface area contributed by atoms with E-state index < -0.39 is 0 Å². The maximum absolute atomic E-state index is 13.2. The largest absolute Gasteiger partial charge is 0.489 e. The predicted molar refractivity (Wildman–Crippen MR) is 125 cm³/mol. The second-order valence-corrected chi connectivity index (χ2v) is 8.36. The van der Waals surface area contributed by atoms with Crippen molar-refractivity contribution in [2.75, 3.05) is 13.1 Å². The molecule has 6 nitrogen and oxygen atoms in total. The number of benzene rings is 3. The third-order valence-electron chi connectivity index (χ3n) is 5.92. The molecule has 1 saturated heterocycles. The minimum Gasteiger partial charge on any atom is -0.489 e. The molecule has 1 aliphatic heterocycles. The molecule has 0 bridgehead atoms. The van der Waals surface area contributed by atoms with Gasteiger partial charge in [0.2, 0.25) is 11.7 Å². The number of likely N-dealkylation sites (tertiary alicyclic amines) is 1. The predicted octanol–water partition coefficient (Wildman–Crippen LogP) is 5.47. The lowest BCUT2D eigenvalue weighted by Crippen LogP contribution is -2.39. The fourth-order valence-electron chi connectivity index (χ4n) is 4.14. The molecule has 1 fully saturated rings. The van der Waals surface area contributed by atoms with Crippen LogP contribution in [0, 0.1) is 5.82 Å². The Morgan fingerprint density at radius 1 is 1.06 bits per heavy atom. The van der Waals surface area contributed by atoms with Crippen LogP contribution >= 0.6 is 0 Å². The summed E-state index contributed by atoms with van der Waals surface area (Å²) in [5, 5.41) is 4.05. The van der Waals surface area contributed by atoms with Crippen molar-refractivity contribution in [1.82, 2.24) is 15.0 Å². The van der Waals surface area contributed by atoms with Crippen molar-refractivity contribution < 1.29 is 18.4 Å². The summed E-state index contributed by atoms with van der Waals surface area (Å²) in [7, 11) is 0. The summed E-state index contributed by atoms with van der Waals surface area (Å²) in [6, 6.07) is 23.1. The van der Waals surface area contributed by atoms with Crippen molar-refractivity contribution in [2.24, 2.45) is 0 Å². The molecule has 5 rings (SSSR count). The molecule has 0 spiro atoms. The fraction of sp³-hybridized carbons (Fsp3) is 0.222. The highest BCUT2D eigenvalue weighted by molar-refractivity contribution is 5.94. The molecule has 4 aromatic rings. The van der Waals surface area contributed by atoms with Crippen LogP contribution in [0.5, 0.6) is 5.75 Å². The van der Waals surface area contributed by atoms with E-state index in [4.69, 9.17) is 9.26 Å². The summed E-state index contributed by atoms with van der Waals surface area (Å²) in [5.41, 5.74) is 2.26. The lowest BCUT2D eigenvalue weighted by molar-refractivity contribution is 0.0695. The van der Waals surface area contributed by atoms with Crippen molar-refractivity contribution in [3.05, 3.63) is 102 Å². The monoisotopic (exact) mass is 457 g/mol. The van der Waals surface area contributed by atoms with Crippen molar-refractivity contribution in [2.45, 2.75) is 25.4 Å². The number of halogens is 1. The normalized spacial score (nSPS) is 15.8. The summed E-state index contributed by atoms with van der Waals surface area (Å²) < 4.78 is 24.5. The van der Waals surface area contributed by atoms with Gasteiger partial charge in [-0.05, 0) is 66.9 Å². The molecule has 7 heteroatoms. The Morgan fingerprint density at radius 3 is 2.71 bits per heavy atom. The number of aromatic nitrogens is 2. The van der Waals surface area contributed by atoms with E-state index in [9.17, 15) is 9.18 Å². The van der Waals surface area contributed by atoms with Gasteiger partial charge in [-0.3, -0.25) is 4.79 Å². The Hall–Kier alpha value is -4.00. The van der Waals surface area contributed by atoms with Crippen LogP contribution in [0.25, 0.3) is 11.4 Å². The number of rotatable bonds is 6. The maximum atomic E-state index is 13.2. The molecule has 172 valence electrons. The number of hydrogen-bond donors (Lipinski definition) is 0. The van der Waals surface area contributed by atoms with Crippen LogP contribution < -0.4 is 4.74 Å². The second kappa shape index (κ2) is 9.87. The van der Waals surface area contributed by atoms with Gasteiger partial charge < -0.3 is 14.2 Å². The van der Waals surface area contributed by atoms with E-state index in [1.165, 1.54) is 12.1 Å². The zero-order valence-corrected chi connectivity index (χ0v) is 18.6. The molecule has 0 saturated carbocycles. The van der Waals surface area contributed by atoms with Gasteiger partial charge in [0, 0.05) is 24.2 Å². The molecule has 1 atom stereocenters. The number of amides is 1. The number of carbonyl (C=O) groups excluding carboxylic acids is 1. The number of para-hydroxylation sites is 1. The van der Waals surface area contributed by atoms with Crippen molar-refractivity contribution in [1.29, 1.82) is 0 Å². The van der Waals surface area contributed by atoms with E-state index in [-0.39, 0.29) is 17.6 Å². The third kappa shape index (κ3) is 4.98. The number of ether oxygens (including phenoxy) is 1. The SMILES string of the molecule is O=C(c1cccc(COc2ccccc2)c1)N1CCCC(c2nc(-c3ccc(F)cc3)no2)C1. The van der Waals surface area contributed by atoms with Gasteiger partial charge in [0.15, 0.2) is 0 Å². The smallest absolute Gasteiger partial charge is 0.253 e. The Balaban J connectivity index is 1.25. The van der Waals surface area contributed by atoms with Gasteiger partial charge in [-0.15, -0.1) is 0 Å². The Bertz CT molecular complexity index is 1260. The number of nitrogens with zero attached hydrogens (tertiary/aromatic N) is 3. The molecule has 1 aliphatic rings. The van der Waals surface area contributed by atoms with Crippen LogP contribution in [0.3, 0.4) is 0 Å². The topological polar surface area (TPSA) is 68.5 Å². The first kappa shape index (κ1) is 21.8. The van der Waals surface area contributed by atoms with Crippen molar-refractivity contribution in [3.63, 3.8) is 0 Å². The van der Waals surface area contributed by atoms with E-state index in [1.807, 2.05) is 59.5 Å². The average molecular weight is 458 g/mol. The second-order valence-electron chi connectivity index (χ2n) is 8.36. The molecule has 1 unspecified atom stereocenters. The van der Waals surface area contributed by atoms with Crippen LogP contribution in [0.15, 0.2) is 83.4 Å². The molecule has 3 aromatic carbocycles. The summed E-state index contributed by atoms with van der Waals surface area (Å²) in [6.45, 7) is 1.58. The van der Waals surface area contributed by atoms with Gasteiger partial charge in [0.05, 0.1) is 5.92 Å². The molecule has 34 heavy (non-hydrogen) atoms. The fourth-order valence-corrected chi connectivity index (χ4v) is 4.14. The molecule has 1 amide bonds. The summed E-state index contributed by atoms with van der Waals surface area (Å²) in [4.78, 5) is 19.6. The molecule has 2 heterocycles. The van der Waals surface area contributed by atoms with E-state index in [1.54, 1.807) is 12.1 Å². The summed E-state index contributed by atoms with van der Waals surface area (Å²) in [6.07, 6.45) is 1.71. The summed E-state index contributed by atoms with van der Waals surface area (Å²) in [5.74, 6) is 1.34. The minimum atomic E-state index is -0.315. The van der Waals surface area contributed by atoms with Crippen LogP contribution in [-0.4, -0.2) is 34.0 Å². The highest BCUT2D eigenvalue weighted by atomic mass is 19.1. The van der Waals surface area contributed by atoms with E-state index in [0.717, 1.165) is 24.2 Å². The van der Waals surface area contributed by atoms with Crippen LogP contribution in [-0.2, 0) is 6.61 Å². The minimum absolute atomic E-state index is 0.0236. The Kier molecular flexibility index (Phi) is 6.33. The first-order valence-electron chi connectivity index (χ1n) is 11.3. The van der Waals surface area contributed by atoms with Crippen LogP contribution in [0.4, 0.5) is 4.39 Å². The number of hydrogen-bond acceptors (Lipinski definition) is 5. The zero-order chi connectivity index (χ0) is 23.3. The van der Waals surface area contributed by atoms with Gasteiger partial charge >= 0.3 is 0 Å². The lowest BCUT2D eigenvalue weighted by Gasteiger charge is -2.31. The zero-order valence-electron chi connectivity index (χ0n) is 18.6. The molecule has 0 aliphatic carbocycles. The van der Waals surface area contributed by atoms with Gasteiger partial charge in [0.25, 0.3) is 5.91 Å². The molecule has 0 N–H and O–H groups in total. The molecular weight excluding hydrogens is 433 g/mol. The number of piperidine rings is 1. The van der Waals surface area contributed by atoms with Gasteiger partial charge in [0.1, 0.15) is 18.2 Å². The van der Waals surface area contributed by atoms with Crippen LogP contribution in [0.2, 0.25) is 0 Å². The first-order chi connectivity index (χ1) is 16.7. The highest BCUT2D eigenvalue weighted by Gasteiger charge is 2.29. The van der Waals surface area contributed by atoms with Crippen molar-refractivity contribution in [3.8, 4) is 17.1 Å². The Morgan fingerprint density at radius 2 is 1.88 bits per heavy atom. The van der Waals surface area contributed by atoms with Crippen molar-refractivity contribution >= 4 is 5.91 Å². The maximum Gasteiger partial charge on any atom is 0.253 e. The lowest BCUT2D eigenvalue weighted by atomic mass is 9.97. The van der Waals surface area contributed by atoms with E-state index >= 15 is 0 Å². The molecule has 0 radical (unpaired) electrons. The average Bonchev–Trinajstić information content (AvgIpc) is 3.39. The quantitative estimate of drug-likeness (QED) is 0.384. The van der Waals surface area contributed by atoms with Gasteiger partial charge in [-0.25, -0.2) is 4.39 Å². The standard InChI is InChI=1S/C27H24FN3O3/c28-23-13-11-20(12-14-23)25-29-26(34-30-25)22-8-5-15-31(17-22)27(32)21-7-4-6-19(16-21)18-33-24-9-2-1-3-10-24/h1-4,6-7,9-14,16,22H,5,8,15,17-18H2. The van der Waals surface area contributed by atoms with Crippen LogP contribution in [0.1, 0.15) is 40.6 Å². The van der Waals surface area contributed by atoms with E-state index in [2.05, 4.69) is 10.1 Å². The number of carbonyl (C=O) groups is 1. The highest BCUT2D eigenvalue weighted by Crippen LogP contribution is 2.28. The van der Waals surface area contributed by atoms with E-state index in [0.29, 0.717) is 42.5 Å². The van der Waals surface area contributed by atoms with Gasteiger partial charge in [-0.2, -0.15) is 4.98 Å². The summed E-state index contributed by atoms with van der Waals surface area (Å²) >= 11 is 0. The molecule has 1 aromatic heterocycles.